The fourth-order valence-electron chi connectivity index (χ4n) is 1.34. The van der Waals surface area contributed by atoms with Gasteiger partial charge in [0.15, 0.2) is 0 Å². The van der Waals surface area contributed by atoms with E-state index in [1.807, 2.05) is 18.2 Å². The fourth-order valence-corrected chi connectivity index (χ4v) is 1.34. The predicted molar refractivity (Wildman–Crippen MR) is 63.9 cm³/mol. The minimum Gasteiger partial charge on any atom is -0.385 e. The molecule has 0 heterocycles. The molecule has 0 aliphatic rings. The molecule has 1 rings (SSSR count). The van der Waals surface area contributed by atoms with Crippen LogP contribution in [0.4, 0.5) is 11.4 Å². The summed E-state index contributed by atoms with van der Waals surface area (Å²) in [7, 11) is 0. The maximum atomic E-state index is 8.39. The summed E-state index contributed by atoms with van der Waals surface area (Å²) < 4.78 is 0. The Labute approximate surface area is 91.1 Å². The van der Waals surface area contributed by atoms with Crippen LogP contribution in [0, 0.1) is 11.3 Å². The van der Waals surface area contributed by atoms with Gasteiger partial charge in [0, 0.05) is 30.9 Å². The number of benzene rings is 1. The lowest BCUT2D eigenvalue weighted by Crippen LogP contribution is -2.02. The van der Waals surface area contributed by atoms with E-state index in [-0.39, 0.29) is 0 Å². The van der Waals surface area contributed by atoms with Crippen LogP contribution in [-0.4, -0.2) is 13.1 Å². The minimum absolute atomic E-state index is 0.611. The Hall–Kier alpha value is -1.69. The highest BCUT2D eigenvalue weighted by atomic mass is 14.9. The van der Waals surface area contributed by atoms with Gasteiger partial charge in [-0.05, 0) is 31.5 Å². The van der Waals surface area contributed by atoms with Gasteiger partial charge in [-0.2, -0.15) is 5.26 Å². The van der Waals surface area contributed by atoms with Gasteiger partial charge in [-0.1, -0.05) is 6.07 Å². The van der Waals surface area contributed by atoms with Crippen molar-refractivity contribution in [1.82, 2.24) is 0 Å². The van der Waals surface area contributed by atoms with Gasteiger partial charge in [-0.25, -0.2) is 0 Å². The van der Waals surface area contributed by atoms with Crippen molar-refractivity contribution >= 4 is 11.4 Å². The lowest BCUT2D eigenvalue weighted by molar-refractivity contribution is 0.897. The van der Waals surface area contributed by atoms with Crippen molar-refractivity contribution in [3.05, 3.63) is 24.3 Å². The van der Waals surface area contributed by atoms with Gasteiger partial charge >= 0.3 is 0 Å². The largest absolute Gasteiger partial charge is 0.385 e. The Kier molecular flexibility index (Phi) is 5.10. The number of hydrogen-bond donors (Lipinski definition) is 2. The number of anilines is 2. The molecule has 0 saturated carbocycles. The van der Waals surface area contributed by atoms with E-state index in [0.717, 1.165) is 30.9 Å². The van der Waals surface area contributed by atoms with Crippen molar-refractivity contribution in [2.24, 2.45) is 0 Å². The molecule has 0 spiro atoms. The molecule has 0 fully saturated rings. The van der Waals surface area contributed by atoms with Crippen LogP contribution in [0.25, 0.3) is 0 Å². The number of unbranched alkanes of at least 4 members (excludes halogenated alkanes) is 1. The van der Waals surface area contributed by atoms with Gasteiger partial charge in [-0.3, -0.25) is 0 Å². The first-order valence-electron chi connectivity index (χ1n) is 5.31. The molecule has 1 aromatic rings. The van der Waals surface area contributed by atoms with Crippen LogP contribution in [-0.2, 0) is 0 Å². The average molecular weight is 203 g/mol. The van der Waals surface area contributed by atoms with Crippen LogP contribution < -0.4 is 10.6 Å². The molecular formula is C12H17N3. The second-order valence-corrected chi connectivity index (χ2v) is 3.30. The summed E-state index contributed by atoms with van der Waals surface area (Å²) in [5.41, 5.74) is 2.23. The summed E-state index contributed by atoms with van der Waals surface area (Å²) in [5, 5.41) is 14.9. The number of nitrogens with one attached hydrogen (secondary N) is 2. The lowest BCUT2D eigenvalue weighted by atomic mass is 10.2. The Morgan fingerprint density at radius 3 is 2.67 bits per heavy atom. The molecule has 0 atom stereocenters. The molecule has 0 unspecified atom stereocenters. The molecule has 0 aliphatic carbocycles. The number of nitriles is 1. The molecule has 80 valence electrons. The molecule has 0 aliphatic heterocycles. The van der Waals surface area contributed by atoms with Gasteiger partial charge in [-0.15, -0.1) is 0 Å². The molecule has 3 heteroatoms. The predicted octanol–water partition coefficient (Wildman–Crippen LogP) is 2.83. The standard InChI is InChI=1S/C12H17N3/c1-2-14-11-6-5-7-12(10-11)15-9-4-3-8-13/h5-7,10,14-15H,2-4,9H2,1H3. The first-order valence-corrected chi connectivity index (χ1v) is 5.31. The van der Waals surface area contributed by atoms with Gasteiger partial charge in [0.05, 0.1) is 6.07 Å². The van der Waals surface area contributed by atoms with E-state index in [1.54, 1.807) is 0 Å². The van der Waals surface area contributed by atoms with Crippen LogP contribution in [0.15, 0.2) is 24.3 Å². The monoisotopic (exact) mass is 203 g/mol. The highest BCUT2D eigenvalue weighted by Crippen LogP contribution is 2.14. The molecular weight excluding hydrogens is 186 g/mol. The highest BCUT2D eigenvalue weighted by Gasteiger charge is 1.93. The van der Waals surface area contributed by atoms with Crippen molar-refractivity contribution in [2.75, 3.05) is 23.7 Å². The van der Waals surface area contributed by atoms with E-state index in [2.05, 4.69) is 29.7 Å². The SMILES string of the molecule is CCNc1cccc(NCCCC#N)c1. The summed E-state index contributed by atoms with van der Waals surface area (Å²) in [6.45, 7) is 3.86. The topological polar surface area (TPSA) is 47.8 Å². The van der Waals surface area contributed by atoms with Gasteiger partial charge in [0.25, 0.3) is 0 Å². The second-order valence-electron chi connectivity index (χ2n) is 3.30. The maximum Gasteiger partial charge on any atom is 0.0622 e. The van der Waals surface area contributed by atoms with Crippen molar-refractivity contribution < 1.29 is 0 Å². The number of hydrogen-bond acceptors (Lipinski definition) is 3. The maximum absolute atomic E-state index is 8.39. The zero-order valence-corrected chi connectivity index (χ0v) is 9.09. The summed E-state index contributed by atoms with van der Waals surface area (Å²) in [6, 6.07) is 10.3. The molecule has 0 saturated heterocycles. The van der Waals surface area contributed by atoms with Crippen LogP contribution in [0.5, 0.6) is 0 Å². The van der Waals surface area contributed by atoms with Crippen LogP contribution in [0.2, 0.25) is 0 Å². The minimum atomic E-state index is 0.611. The van der Waals surface area contributed by atoms with Crippen LogP contribution in [0.1, 0.15) is 19.8 Å². The molecule has 0 bridgehead atoms. The summed E-state index contributed by atoms with van der Waals surface area (Å²) >= 11 is 0. The Morgan fingerprint density at radius 1 is 1.27 bits per heavy atom. The van der Waals surface area contributed by atoms with Gasteiger partial charge < -0.3 is 10.6 Å². The third-order valence-electron chi connectivity index (χ3n) is 2.04. The van der Waals surface area contributed by atoms with E-state index < -0.39 is 0 Å². The molecule has 1 aromatic carbocycles. The first kappa shape index (κ1) is 11.4. The lowest BCUT2D eigenvalue weighted by Gasteiger charge is -2.08. The van der Waals surface area contributed by atoms with E-state index in [4.69, 9.17) is 5.26 Å². The molecule has 0 aromatic heterocycles. The third kappa shape index (κ3) is 4.37. The third-order valence-corrected chi connectivity index (χ3v) is 2.04. The second kappa shape index (κ2) is 6.72. The normalized spacial score (nSPS) is 9.33. The zero-order chi connectivity index (χ0) is 10.9. The average Bonchev–Trinajstić information content (AvgIpc) is 2.26. The quantitative estimate of drug-likeness (QED) is 0.699. The smallest absolute Gasteiger partial charge is 0.0622 e. The number of nitrogens with zero attached hydrogens (tertiary/aromatic N) is 1. The Bertz CT molecular complexity index is 328. The van der Waals surface area contributed by atoms with Crippen LogP contribution in [0.3, 0.4) is 0 Å². The van der Waals surface area contributed by atoms with Crippen molar-refractivity contribution in [3.8, 4) is 6.07 Å². The highest BCUT2D eigenvalue weighted by molar-refractivity contribution is 5.56. The molecule has 3 nitrogen and oxygen atoms in total. The van der Waals surface area contributed by atoms with Gasteiger partial charge in [0.1, 0.15) is 0 Å². The summed E-state index contributed by atoms with van der Waals surface area (Å²) in [5.74, 6) is 0. The van der Waals surface area contributed by atoms with E-state index >= 15 is 0 Å². The molecule has 0 radical (unpaired) electrons. The van der Waals surface area contributed by atoms with Crippen LogP contribution >= 0.6 is 0 Å². The van der Waals surface area contributed by atoms with E-state index in [0.29, 0.717) is 6.42 Å². The van der Waals surface area contributed by atoms with Crippen molar-refractivity contribution in [2.45, 2.75) is 19.8 Å². The molecule has 0 amide bonds. The Balaban J connectivity index is 2.40. The van der Waals surface area contributed by atoms with Crippen molar-refractivity contribution in [1.29, 1.82) is 5.26 Å². The zero-order valence-electron chi connectivity index (χ0n) is 9.09. The molecule has 15 heavy (non-hydrogen) atoms. The molecule has 2 N–H and O–H groups in total. The summed E-state index contributed by atoms with van der Waals surface area (Å²) in [6.07, 6.45) is 1.50. The van der Waals surface area contributed by atoms with Gasteiger partial charge in [0.2, 0.25) is 0 Å². The summed E-state index contributed by atoms with van der Waals surface area (Å²) in [4.78, 5) is 0. The number of rotatable bonds is 6. The fraction of sp³-hybridized carbons (Fsp3) is 0.417. The Morgan fingerprint density at radius 2 is 2.00 bits per heavy atom. The van der Waals surface area contributed by atoms with E-state index in [9.17, 15) is 0 Å². The van der Waals surface area contributed by atoms with Crippen molar-refractivity contribution in [3.63, 3.8) is 0 Å². The van der Waals surface area contributed by atoms with E-state index in [1.165, 1.54) is 0 Å². The first-order chi connectivity index (χ1) is 7.36.